The number of fused-ring (bicyclic) bond motifs is 2. The van der Waals surface area contributed by atoms with Crippen LogP contribution in [0.4, 0.5) is 11.4 Å². The summed E-state index contributed by atoms with van der Waals surface area (Å²) < 4.78 is 5.21. The van der Waals surface area contributed by atoms with Gasteiger partial charge in [-0.3, -0.25) is 14.6 Å². The number of methoxy groups -OCH3 is 1. The second-order valence-corrected chi connectivity index (χ2v) is 9.77. The standard InChI is InChI=1S/C25H27N5O4S/c1-34-23-5-3-17-24(29-23)18(6-9-26-17)28-25(33)15-7-10-30(11-8-15)13-20(31)16-2-4-21-19(12-16)27-22(32)14-35-21/h2-6,9,12,15,20,31H,7-8,10-11,13-14H2,1H3,(H,27,32)(H,26,28,33). The number of carbonyl (C=O) groups is 2. The van der Waals surface area contributed by atoms with Crippen LogP contribution in [0.25, 0.3) is 11.0 Å². The molecule has 1 saturated heterocycles. The molecule has 0 bridgehead atoms. The molecule has 9 nitrogen and oxygen atoms in total. The number of pyridine rings is 2. The molecule has 0 saturated carbocycles. The van der Waals surface area contributed by atoms with Gasteiger partial charge in [-0.05, 0) is 55.8 Å². The third kappa shape index (κ3) is 5.24. The Hall–Kier alpha value is -3.21. The first-order chi connectivity index (χ1) is 17.0. The molecule has 35 heavy (non-hydrogen) atoms. The summed E-state index contributed by atoms with van der Waals surface area (Å²) in [5.74, 6) is 0.704. The van der Waals surface area contributed by atoms with E-state index in [0.29, 0.717) is 47.7 Å². The van der Waals surface area contributed by atoms with E-state index in [1.807, 2.05) is 24.3 Å². The minimum atomic E-state index is -0.668. The van der Waals surface area contributed by atoms with Gasteiger partial charge in [0.15, 0.2) is 0 Å². The largest absolute Gasteiger partial charge is 0.481 e. The average Bonchev–Trinajstić information content (AvgIpc) is 2.88. The lowest BCUT2D eigenvalue weighted by Crippen LogP contribution is -2.40. The SMILES string of the molecule is COc1ccc2nccc(NC(=O)C3CCN(CC(O)c4ccc5c(c4)NC(=O)CS5)CC3)c2n1. The highest BCUT2D eigenvalue weighted by atomic mass is 32.2. The van der Waals surface area contributed by atoms with Gasteiger partial charge in [0.05, 0.1) is 35.9 Å². The molecule has 0 aliphatic carbocycles. The zero-order valence-corrected chi connectivity index (χ0v) is 20.2. The van der Waals surface area contributed by atoms with Crippen LogP contribution in [0.2, 0.25) is 0 Å². The van der Waals surface area contributed by atoms with Gasteiger partial charge in [0.1, 0.15) is 5.52 Å². The van der Waals surface area contributed by atoms with Crippen molar-refractivity contribution in [3.8, 4) is 5.88 Å². The number of amides is 2. The summed E-state index contributed by atoms with van der Waals surface area (Å²) in [5, 5.41) is 16.7. The van der Waals surface area contributed by atoms with Crippen LogP contribution in [0.15, 0.2) is 47.5 Å². The second kappa shape index (κ2) is 10.2. The molecule has 1 fully saturated rings. The van der Waals surface area contributed by atoms with Crippen LogP contribution < -0.4 is 15.4 Å². The number of aliphatic hydroxyl groups excluding tert-OH is 1. The Morgan fingerprint density at radius 1 is 1.29 bits per heavy atom. The number of carbonyl (C=O) groups excluding carboxylic acids is 2. The number of hydrogen-bond acceptors (Lipinski definition) is 8. The van der Waals surface area contributed by atoms with E-state index in [2.05, 4.69) is 25.5 Å². The Balaban J connectivity index is 1.17. The van der Waals surface area contributed by atoms with Crippen LogP contribution in [0.5, 0.6) is 5.88 Å². The van der Waals surface area contributed by atoms with E-state index in [1.54, 1.807) is 25.4 Å². The topological polar surface area (TPSA) is 117 Å². The highest BCUT2D eigenvalue weighted by Crippen LogP contribution is 2.34. The molecule has 2 aliphatic heterocycles. The van der Waals surface area contributed by atoms with Crippen molar-refractivity contribution in [2.45, 2.75) is 23.8 Å². The molecule has 1 aromatic carbocycles. The fourth-order valence-electron chi connectivity index (χ4n) is 4.49. The minimum absolute atomic E-state index is 0.0239. The molecule has 3 aromatic rings. The van der Waals surface area contributed by atoms with E-state index in [4.69, 9.17) is 4.74 Å². The number of likely N-dealkylation sites (tertiary alicyclic amines) is 1. The molecule has 2 amide bonds. The molecule has 0 spiro atoms. The number of benzene rings is 1. The van der Waals surface area contributed by atoms with E-state index >= 15 is 0 Å². The van der Waals surface area contributed by atoms with Crippen molar-refractivity contribution in [1.29, 1.82) is 0 Å². The molecule has 0 radical (unpaired) electrons. The number of anilines is 2. The highest BCUT2D eigenvalue weighted by molar-refractivity contribution is 8.00. The number of nitrogens with zero attached hydrogens (tertiary/aromatic N) is 3. The number of hydrogen-bond donors (Lipinski definition) is 3. The van der Waals surface area contributed by atoms with Crippen LogP contribution >= 0.6 is 11.8 Å². The van der Waals surface area contributed by atoms with Gasteiger partial charge in [-0.1, -0.05) is 6.07 Å². The fraction of sp³-hybridized carbons (Fsp3) is 0.360. The average molecular weight is 494 g/mol. The number of nitrogens with one attached hydrogen (secondary N) is 2. The molecule has 2 aliphatic rings. The summed E-state index contributed by atoms with van der Waals surface area (Å²) >= 11 is 1.50. The van der Waals surface area contributed by atoms with E-state index in [9.17, 15) is 14.7 Å². The first kappa shape index (κ1) is 23.5. The Kier molecular flexibility index (Phi) is 6.85. The van der Waals surface area contributed by atoms with Gasteiger partial charge in [-0.25, -0.2) is 4.98 Å². The summed E-state index contributed by atoms with van der Waals surface area (Å²) in [7, 11) is 1.55. The number of piperidine rings is 1. The van der Waals surface area contributed by atoms with Crippen LogP contribution in [-0.2, 0) is 9.59 Å². The van der Waals surface area contributed by atoms with Crippen molar-refractivity contribution >= 4 is 46.0 Å². The first-order valence-electron chi connectivity index (χ1n) is 11.6. The quantitative estimate of drug-likeness (QED) is 0.480. The van der Waals surface area contributed by atoms with Crippen LogP contribution in [0, 0.1) is 5.92 Å². The maximum Gasteiger partial charge on any atom is 0.234 e. The van der Waals surface area contributed by atoms with Gasteiger partial charge in [-0.15, -0.1) is 11.8 Å². The lowest BCUT2D eigenvalue weighted by atomic mass is 9.95. The number of β-amino-alcohol motifs (C(OH)–C–C–N with tert-alkyl or cyclic N) is 1. The second-order valence-electron chi connectivity index (χ2n) is 8.75. The van der Waals surface area contributed by atoms with Crippen molar-refractivity contribution in [2.24, 2.45) is 5.92 Å². The number of rotatable bonds is 6. The normalized spacial score (nSPS) is 17.5. The predicted molar refractivity (Wildman–Crippen MR) is 135 cm³/mol. The first-order valence-corrected chi connectivity index (χ1v) is 12.6. The lowest BCUT2D eigenvalue weighted by Gasteiger charge is -2.32. The Labute approximate surface area is 207 Å². The monoisotopic (exact) mass is 493 g/mol. The van der Waals surface area contributed by atoms with Crippen molar-refractivity contribution in [3.05, 3.63) is 48.2 Å². The van der Waals surface area contributed by atoms with E-state index < -0.39 is 6.10 Å². The van der Waals surface area contributed by atoms with E-state index in [-0.39, 0.29) is 17.7 Å². The Morgan fingerprint density at radius 2 is 2.11 bits per heavy atom. The molecule has 5 rings (SSSR count). The smallest absolute Gasteiger partial charge is 0.234 e. The Bertz CT molecular complexity index is 1260. The maximum absolute atomic E-state index is 13.0. The number of aliphatic hydroxyl groups is 1. The van der Waals surface area contributed by atoms with Crippen molar-refractivity contribution in [3.63, 3.8) is 0 Å². The lowest BCUT2D eigenvalue weighted by molar-refractivity contribution is -0.121. The van der Waals surface area contributed by atoms with Gasteiger partial charge in [0.25, 0.3) is 0 Å². The number of thioether (sulfide) groups is 1. The van der Waals surface area contributed by atoms with Gasteiger partial charge < -0.3 is 25.4 Å². The minimum Gasteiger partial charge on any atom is -0.481 e. The molecule has 182 valence electrons. The van der Waals surface area contributed by atoms with Gasteiger partial charge in [0, 0.05) is 29.6 Å². The fourth-order valence-corrected chi connectivity index (χ4v) is 5.28. The summed E-state index contributed by atoms with van der Waals surface area (Å²) in [6.45, 7) is 1.92. The van der Waals surface area contributed by atoms with Crippen molar-refractivity contribution in [2.75, 3.05) is 43.1 Å². The van der Waals surface area contributed by atoms with Crippen LogP contribution in [0.3, 0.4) is 0 Å². The molecule has 1 atom stereocenters. The third-order valence-corrected chi connectivity index (χ3v) is 7.51. The van der Waals surface area contributed by atoms with Gasteiger partial charge >= 0.3 is 0 Å². The van der Waals surface area contributed by atoms with Crippen molar-refractivity contribution < 1.29 is 19.4 Å². The van der Waals surface area contributed by atoms with Crippen molar-refractivity contribution in [1.82, 2.24) is 14.9 Å². The number of aromatic nitrogens is 2. The van der Waals surface area contributed by atoms with E-state index in [1.165, 1.54) is 11.8 Å². The van der Waals surface area contributed by atoms with Gasteiger partial charge in [0.2, 0.25) is 17.7 Å². The van der Waals surface area contributed by atoms with E-state index in [0.717, 1.165) is 29.2 Å². The highest BCUT2D eigenvalue weighted by Gasteiger charge is 2.27. The molecular formula is C25H27N5O4S. The molecule has 10 heteroatoms. The zero-order chi connectivity index (χ0) is 24.4. The molecule has 4 heterocycles. The summed E-state index contributed by atoms with van der Waals surface area (Å²) in [6, 6.07) is 11.0. The molecule has 2 aromatic heterocycles. The summed E-state index contributed by atoms with van der Waals surface area (Å²) in [4.78, 5) is 36.6. The summed E-state index contributed by atoms with van der Waals surface area (Å²) in [6.07, 6.45) is 2.39. The number of ether oxygens (including phenoxy) is 1. The molecule has 1 unspecified atom stereocenters. The van der Waals surface area contributed by atoms with Crippen LogP contribution in [-0.4, -0.2) is 64.3 Å². The predicted octanol–water partition coefficient (Wildman–Crippen LogP) is 3.07. The molecule has 3 N–H and O–H groups in total. The zero-order valence-electron chi connectivity index (χ0n) is 19.4. The maximum atomic E-state index is 13.0. The Morgan fingerprint density at radius 3 is 2.91 bits per heavy atom. The van der Waals surface area contributed by atoms with Crippen LogP contribution in [0.1, 0.15) is 24.5 Å². The third-order valence-electron chi connectivity index (χ3n) is 6.44. The summed E-state index contributed by atoms with van der Waals surface area (Å²) in [5.41, 5.74) is 3.44. The molecular weight excluding hydrogens is 466 g/mol. The van der Waals surface area contributed by atoms with Gasteiger partial charge in [-0.2, -0.15) is 0 Å².